The molecular formula is C13H18BrN3O. The molecule has 2 heterocycles. The highest BCUT2D eigenvalue weighted by molar-refractivity contribution is 9.10. The van der Waals surface area contributed by atoms with Gasteiger partial charge in [0.05, 0.1) is 0 Å². The van der Waals surface area contributed by atoms with Crippen LogP contribution in [0.15, 0.2) is 16.7 Å². The summed E-state index contributed by atoms with van der Waals surface area (Å²) in [4.78, 5) is 9.13. The van der Waals surface area contributed by atoms with Crippen molar-refractivity contribution in [2.75, 3.05) is 6.61 Å². The minimum absolute atomic E-state index is 0.0391. The largest absolute Gasteiger partial charge is 0.396 e. The van der Waals surface area contributed by atoms with Crippen LogP contribution < -0.4 is 0 Å². The minimum atomic E-state index is -0.0391. The third kappa shape index (κ3) is 2.57. The summed E-state index contributed by atoms with van der Waals surface area (Å²) in [7, 11) is 0. The maximum atomic E-state index is 9.01. The van der Waals surface area contributed by atoms with Crippen molar-refractivity contribution >= 4 is 27.1 Å². The van der Waals surface area contributed by atoms with Gasteiger partial charge in [-0.15, -0.1) is 0 Å². The lowest BCUT2D eigenvalue weighted by atomic mass is 9.95. The molecule has 5 heteroatoms. The summed E-state index contributed by atoms with van der Waals surface area (Å²) in [6.45, 7) is 7.34. The maximum Gasteiger partial charge on any atom is 0.160 e. The number of aliphatic hydroxyl groups excluding tert-OH is 1. The highest BCUT2D eigenvalue weighted by Crippen LogP contribution is 2.26. The number of imidazole rings is 1. The Morgan fingerprint density at radius 2 is 2.11 bits per heavy atom. The Bertz CT molecular complexity index is 557. The zero-order valence-electron chi connectivity index (χ0n) is 10.9. The van der Waals surface area contributed by atoms with Crippen LogP contribution in [0.25, 0.3) is 11.2 Å². The molecule has 0 radical (unpaired) electrons. The predicted octanol–water partition coefficient (Wildman–Crippen LogP) is 2.87. The molecule has 0 spiro atoms. The van der Waals surface area contributed by atoms with E-state index in [0.29, 0.717) is 6.42 Å². The molecule has 0 saturated heterocycles. The highest BCUT2D eigenvalue weighted by atomic mass is 79.9. The molecule has 0 amide bonds. The smallest absolute Gasteiger partial charge is 0.160 e. The number of aromatic nitrogens is 3. The molecule has 2 aromatic rings. The molecular weight excluding hydrogens is 294 g/mol. The number of nitrogens with zero attached hydrogens (tertiary/aromatic N) is 3. The molecule has 0 unspecified atom stereocenters. The average molecular weight is 312 g/mol. The van der Waals surface area contributed by atoms with Crippen molar-refractivity contribution in [3.8, 4) is 0 Å². The van der Waals surface area contributed by atoms with Gasteiger partial charge >= 0.3 is 0 Å². The highest BCUT2D eigenvalue weighted by Gasteiger charge is 2.23. The number of hydrogen-bond donors (Lipinski definition) is 1. The second kappa shape index (κ2) is 4.97. The molecule has 0 saturated carbocycles. The van der Waals surface area contributed by atoms with Gasteiger partial charge in [0.2, 0.25) is 0 Å². The first kappa shape index (κ1) is 13.5. The number of aryl methyl sites for hydroxylation is 1. The number of hydrogen-bond acceptors (Lipinski definition) is 3. The van der Waals surface area contributed by atoms with Crippen LogP contribution in [0.2, 0.25) is 0 Å². The molecule has 0 aliphatic heterocycles. The van der Waals surface area contributed by atoms with Gasteiger partial charge in [-0.1, -0.05) is 20.8 Å². The number of aliphatic hydroxyl groups is 1. The van der Waals surface area contributed by atoms with Gasteiger partial charge in [0, 0.05) is 29.2 Å². The number of rotatable bonds is 3. The summed E-state index contributed by atoms with van der Waals surface area (Å²) >= 11 is 3.42. The van der Waals surface area contributed by atoms with Crippen LogP contribution >= 0.6 is 15.9 Å². The molecule has 2 rings (SSSR count). The summed E-state index contributed by atoms with van der Waals surface area (Å²) in [6.07, 6.45) is 2.50. The van der Waals surface area contributed by atoms with Crippen LogP contribution in [0.4, 0.5) is 0 Å². The SMILES string of the molecule is CC(C)(C)c1nc2cc(Br)cnc2n1CCCO. The fraction of sp³-hybridized carbons (Fsp3) is 0.538. The minimum Gasteiger partial charge on any atom is -0.396 e. The lowest BCUT2D eigenvalue weighted by molar-refractivity contribution is 0.278. The van der Waals surface area contributed by atoms with Gasteiger partial charge in [-0.2, -0.15) is 0 Å². The van der Waals surface area contributed by atoms with E-state index >= 15 is 0 Å². The maximum absolute atomic E-state index is 9.01. The van der Waals surface area contributed by atoms with E-state index in [1.54, 1.807) is 6.20 Å². The first-order chi connectivity index (χ1) is 8.43. The quantitative estimate of drug-likeness (QED) is 0.948. The first-order valence-corrected chi connectivity index (χ1v) is 6.86. The zero-order chi connectivity index (χ0) is 13.3. The van der Waals surface area contributed by atoms with Gasteiger partial charge in [0.25, 0.3) is 0 Å². The Labute approximate surface area is 115 Å². The van der Waals surface area contributed by atoms with Crippen LogP contribution in [0.3, 0.4) is 0 Å². The van der Waals surface area contributed by atoms with Crippen LogP contribution in [-0.4, -0.2) is 26.2 Å². The standard InChI is InChI=1S/C13H18BrN3O/c1-13(2,3)12-16-10-7-9(14)8-15-11(10)17(12)5-4-6-18/h7-8,18H,4-6H2,1-3H3. The van der Waals surface area contributed by atoms with E-state index in [9.17, 15) is 0 Å². The van der Waals surface area contributed by atoms with Crippen molar-refractivity contribution in [2.24, 2.45) is 0 Å². The molecule has 4 nitrogen and oxygen atoms in total. The van der Waals surface area contributed by atoms with E-state index in [1.165, 1.54) is 0 Å². The van der Waals surface area contributed by atoms with Crippen molar-refractivity contribution in [3.63, 3.8) is 0 Å². The summed E-state index contributed by atoms with van der Waals surface area (Å²) in [5.41, 5.74) is 1.74. The monoisotopic (exact) mass is 311 g/mol. The normalized spacial score (nSPS) is 12.3. The van der Waals surface area contributed by atoms with Gasteiger partial charge in [-0.3, -0.25) is 0 Å². The lowest BCUT2D eigenvalue weighted by Crippen LogP contribution is -2.19. The molecule has 2 aromatic heterocycles. The Morgan fingerprint density at radius 1 is 1.39 bits per heavy atom. The molecule has 98 valence electrons. The first-order valence-electron chi connectivity index (χ1n) is 6.06. The molecule has 0 aliphatic carbocycles. The average Bonchev–Trinajstić information content (AvgIpc) is 2.63. The van der Waals surface area contributed by atoms with Crippen LogP contribution in [0.5, 0.6) is 0 Å². The van der Waals surface area contributed by atoms with Crippen molar-refractivity contribution in [3.05, 3.63) is 22.6 Å². The number of halogens is 1. The molecule has 1 N–H and O–H groups in total. The van der Waals surface area contributed by atoms with E-state index in [1.807, 2.05) is 6.07 Å². The molecule has 0 aliphatic rings. The zero-order valence-corrected chi connectivity index (χ0v) is 12.5. The Balaban J connectivity index is 2.60. The Morgan fingerprint density at radius 3 is 2.72 bits per heavy atom. The third-order valence-corrected chi connectivity index (χ3v) is 3.20. The summed E-state index contributed by atoms with van der Waals surface area (Å²) in [5.74, 6) is 1.01. The van der Waals surface area contributed by atoms with Crippen molar-refractivity contribution < 1.29 is 5.11 Å². The Kier molecular flexibility index (Phi) is 3.73. The predicted molar refractivity (Wildman–Crippen MR) is 75.6 cm³/mol. The van der Waals surface area contributed by atoms with Crippen LogP contribution in [0, 0.1) is 0 Å². The van der Waals surface area contributed by atoms with E-state index < -0.39 is 0 Å². The topological polar surface area (TPSA) is 50.9 Å². The van der Waals surface area contributed by atoms with E-state index in [2.05, 4.69) is 51.2 Å². The lowest BCUT2D eigenvalue weighted by Gasteiger charge is -2.19. The molecule has 0 bridgehead atoms. The molecule has 0 aromatic carbocycles. The summed E-state index contributed by atoms with van der Waals surface area (Å²) in [6, 6.07) is 1.98. The summed E-state index contributed by atoms with van der Waals surface area (Å²) in [5, 5.41) is 9.01. The van der Waals surface area contributed by atoms with Crippen LogP contribution in [-0.2, 0) is 12.0 Å². The fourth-order valence-electron chi connectivity index (χ4n) is 2.00. The molecule has 0 atom stereocenters. The van der Waals surface area contributed by atoms with Gasteiger partial charge in [-0.05, 0) is 28.4 Å². The fourth-order valence-corrected chi connectivity index (χ4v) is 2.32. The second-order valence-corrected chi connectivity index (χ2v) is 6.33. The molecule has 0 fully saturated rings. The van der Waals surface area contributed by atoms with E-state index in [4.69, 9.17) is 5.11 Å². The van der Waals surface area contributed by atoms with Gasteiger partial charge in [-0.25, -0.2) is 9.97 Å². The van der Waals surface area contributed by atoms with Gasteiger partial charge in [0.1, 0.15) is 11.3 Å². The number of fused-ring (bicyclic) bond motifs is 1. The third-order valence-electron chi connectivity index (χ3n) is 2.76. The van der Waals surface area contributed by atoms with E-state index in [-0.39, 0.29) is 12.0 Å². The van der Waals surface area contributed by atoms with Crippen molar-refractivity contribution in [2.45, 2.75) is 39.2 Å². The Hall–Kier alpha value is -0.940. The summed E-state index contributed by atoms with van der Waals surface area (Å²) < 4.78 is 3.04. The van der Waals surface area contributed by atoms with Crippen molar-refractivity contribution in [1.82, 2.24) is 14.5 Å². The van der Waals surface area contributed by atoms with Gasteiger partial charge < -0.3 is 9.67 Å². The van der Waals surface area contributed by atoms with Crippen molar-refractivity contribution in [1.29, 1.82) is 0 Å². The van der Waals surface area contributed by atoms with E-state index in [0.717, 1.165) is 28.0 Å². The molecule has 18 heavy (non-hydrogen) atoms. The van der Waals surface area contributed by atoms with Crippen LogP contribution in [0.1, 0.15) is 33.0 Å². The second-order valence-electron chi connectivity index (χ2n) is 5.41. The number of pyridine rings is 1. The van der Waals surface area contributed by atoms with Gasteiger partial charge in [0.15, 0.2) is 5.65 Å².